The first-order valence-electron chi connectivity index (χ1n) is 7.67. The average molecular weight is 366 g/mol. The van der Waals surface area contributed by atoms with Crippen molar-refractivity contribution < 1.29 is 9.15 Å². The summed E-state index contributed by atoms with van der Waals surface area (Å²) in [5.74, 6) is 0. The molecule has 0 atom stereocenters. The van der Waals surface area contributed by atoms with Crippen LogP contribution < -0.4 is 10.9 Å². The number of hydrogen-bond acceptors (Lipinski definition) is 5. The monoisotopic (exact) mass is 366 g/mol. The smallest absolute Gasteiger partial charge is 0.336 e. The van der Waals surface area contributed by atoms with Crippen molar-refractivity contribution in [3.63, 3.8) is 0 Å². The SMILES string of the molecule is Cc1cc(=O)oc2cc(NC(=S)OCc3ccc(N=[N+]=[N-])cc3)ccc12. The van der Waals surface area contributed by atoms with E-state index in [0.29, 0.717) is 17.0 Å². The normalized spacial score (nSPS) is 10.2. The number of rotatable bonds is 4. The van der Waals surface area contributed by atoms with E-state index in [1.54, 1.807) is 30.3 Å². The van der Waals surface area contributed by atoms with Crippen LogP contribution in [0.25, 0.3) is 21.4 Å². The Morgan fingerprint density at radius 1 is 1.27 bits per heavy atom. The fraction of sp³-hybridized carbons (Fsp3) is 0.111. The van der Waals surface area contributed by atoms with Gasteiger partial charge in [-0.2, -0.15) is 0 Å². The second-order valence-electron chi connectivity index (χ2n) is 5.52. The largest absolute Gasteiger partial charge is 0.466 e. The van der Waals surface area contributed by atoms with Gasteiger partial charge in [-0.1, -0.05) is 29.4 Å². The van der Waals surface area contributed by atoms with Gasteiger partial charge >= 0.3 is 5.63 Å². The summed E-state index contributed by atoms with van der Waals surface area (Å²) in [4.78, 5) is 14.2. The van der Waals surface area contributed by atoms with Gasteiger partial charge in [0.05, 0.1) is 0 Å². The number of ether oxygens (including phenoxy) is 1. The van der Waals surface area contributed by atoms with Gasteiger partial charge in [-0.25, -0.2) is 4.79 Å². The van der Waals surface area contributed by atoms with Crippen LogP contribution in [0.5, 0.6) is 0 Å². The summed E-state index contributed by atoms with van der Waals surface area (Å²) in [5.41, 5.74) is 11.4. The molecule has 0 fully saturated rings. The van der Waals surface area contributed by atoms with Crippen molar-refractivity contribution in [3.05, 3.63) is 80.5 Å². The van der Waals surface area contributed by atoms with Gasteiger partial charge in [-0.05, 0) is 47.9 Å². The maximum Gasteiger partial charge on any atom is 0.336 e. The standard InChI is InChI=1S/C18H14N4O3S/c1-11-8-17(23)25-16-9-14(6-7-15(11)16)20-18(26)24-10-12-2-4-13(5-3-12)21-22-19/h2-9H,10H2,1H3,(H,20,26). The summed E-state index contributed by atoms with van der Waals surface area (Å²) < 4.78 is 10.7. The van der Waals surface area contributed by atoms with Gasteiger partial charge in [-0.3, -0.25) is 0 Å². The number of aryl methyl sites for hydroxylation is 1. The predicted molar refractivity (Wildman–Crippen MR) is 103 cm³/mol. The molecule has 8 heteroatoms. The van der Waals surface area contributed by atoms with Gasteiger partial charge < -0.3 is 14.5 Å². The molecule has 2 aromatic carbocycles. The van der Waals surface area contributed by atoms with E-state index in [-0.39, 0.29) is 11.8 Å². The molecule has 0 radical (unpaired) electrons. The fourth-order valence-corrected chi connectivity index (χ4v) is 2.59. The van der Waals surface area contributed by atoms with Crippen molar-refractivity contribution in [3.8, 4) is 0 Å². The van der Waals surface area contributed by atoms with Crippen LogP contribution in [-0.4, -0.2) is 5.17 Å². The molecule has 1 heterocycles. The van der Waals surface area contributed by atoms with E-state index in [2.05, 4.69) is 15.3 Å². The van der Waals surface area contributed by atoms with Crippen molar-refractivity contribution in [2.45, 2.75) is 13.5 Å². The molecule has 0 saturated carbocycles. The van der Waals surface area contributed by atoms with E-state index < -0.39 is 5.63 Å². The third-order valence-electron chi connectivity index (χ3n) is 3.66. The number of nitrogens with one attached hydrogen (secondary N) is 1. The summed E-state index contributed by atoms with van der Waals surface area (Å²) >= 11 is 5.18. The lowest BCUT2D eigenvalue weighted by Gasteiger charge is -2.11. The summed E-state index contributed by atoms with van der Waals surface area (Å²) in [6.07, 6.45) is 0. The van der Waals surface area contributed by atoms with Crippen LogP contribution in [0, 0.1) is 6.92 Å². The Labute approximate surface area is 153 Å². The highest BCUT2D eigenvalue weighted by Crippen LogP contribution is 2.21. The topological polar surface area (TPSA) is 100 Å². The molecule has 130 valence electrons. The quantitative estimate of drug-likeness (QED) is 0.231. The van der Waals surface area contributed by atoms with E-state index in [1.165, 1.54) is 6.07 Å². The van der Waals surface area contributed by atoms with E-state index in [4.69, 9.17) is 26.9 Å². The second-order valence-corrected chi connectivity index (χ2v) is 5.89. The van der Waals surface area contributed by atoms with Gasteiger partial charge in [0, 0.05) is 33.8 Å². The highest BCUT2D eigenvalue weighted by atomic mass is 32.1. The third kappa shape index (κ3) is 4.18. The van der Waals surface area contributed by atoms with Crippen LogP contribution >= 0.6 is 12.2 Å². The molecular weight excluding hydrogens is 352 g/mol. The minimum Gasteiger partial charge on any atom is -0.466 e. The first-order valence-corrected chi connectivity index (χ1v) is 8.08. The predicted octanol–water partition coefficient (Wildman–Crippen LogP) is 4.96. The van der Waals surface area contributed by atoms with Gasteiger partial charge in [0.2, 0.25) is 0 Å². The number of fused-ring (bicyclic) bond motifs is 1. The third-order valence-corrected chi connectivity index (χ3v) is 3.88. The molecule has 0 aliphatic heterocycles. The van der Waals surface area contributed by atoms with E-state index >= 15 is 0 Å². The highest BCUT2D eigenvalue weighted by Gasteiger charge is 2.05. The Morgan fingerprint density at radius 3 is 2.77 bits per heavy atom. The molecule has 1 aromatic heterocycles. The van der Waals surface area contributed by atoms with E-state index in [9.17, 15) is 4.79 Å². The lowest BCUT2D eigenvalue weighted by molar-refractivity contribution is 0.300. The van der Waals surface area contributed by atoms with Crippen LogP contribution in [0.2, 0.25) is 0 Å². The van der Waals surface area contributed by atoms with E-state index in [1.807, 2.05) is 19.1 Å². The molecule has 3 rings (SSSR count). The molecule has 7 nitrogen and oxygen atoms in total. The number of thiocarbonyl (C=S) groups is 1. The summed E-state index contributed by atoms with van der Waals surface area (Å²) in [7, 11) is 0. The van der Waals surface area contributed by atoms with Crippen LogP contribution in [0.3, 0.4) is 0 Å². The zero-order valence-corrected chi connectivity index (χ0v) is 14.6. The van der Waals surface area contributed by atoms with Crippen LogP contribution in [0.1, 0.15) is 11.1 Å². The second kappa shape index (κ2) is 7.69. The molecule has 0 saturated heterocycles. The lowest BCUT2D eigenvalue weighted by Crippen LogP contribution is -2.13. The fourth-order valence-electron chi connectivity index (χ4n) is 2.42. The van der Waals surface area contributed by atoms with Gasteiger partial charge in [0.25, 0.3) is 5.17 Å². The number of nitrogens with zero attached hydrogens (tertiary/aromatic N) is 3. The van der Waals surface area contributed by atoms with Crippen molar-refractivity contribution in [2.75, 3.05) is 5.32 Å². The van der Waals surface area contributed by atoms with E-state index in [0.717, 1.165) is 16.5 Å². The van der Waals surface area contributed by atoms with Crippen LogP contribution in [0.15, 0.2) is 62.9 Å². The molecule has 0 unspecified atom stereocenters. The molecular formula is C18H14N4O3S. The lowest BCUT2D eigenvalue weighted by atomic mass is 10.1. The average Bonchev–Trinajstić information content (AvgIpc) is 2.61. The van der Waals surface area contributed by atoms with Gasteiger partial charge in [-0.15, -0.1) is 0 Å². The minimum absolute atomic E-state index is 0.193. The van der Waals surface area contributed by atoms with Crippen molar-refractivity contribution >= 4 is 39.7 Å². The number of hydrogen-bond donors (Lipinski definition) is 1. The zero-order valence-electron chi connectivity index (χ0n) is 13.8. The minimum atomic E-state index is -0.393. The van der Waals surface area contributed by atoms with Crippen molar-refractivity contribution in [2.24, 2.45) is 5.11 Å². The Kier molecular flexibility index (Phi) is 5.17. The highest BCUT2D eigenvalue weighted by molar-refractivity contribution is 7.80. The van der Waals surface area contributed by atoms with Crippen LogP contribution in [-0.2, 0) is 11.3 Å². The Balaban J connectivity index is 1.65. The first kappa shape index (κ1) is 17.5. The molecule has 0 bridgehead atoms. The van der Waals surface area contributed by atoms with Gasteiger partial charge in [0.15, 0.2) is 0 Å². The maximum absolute atomic E-state index is 11.5. The Morgan fingerprint density at radius 2 is 2.04 bits per heavy atom. The van der Waals surface area contributed by atoms with Crippen molar-refractivity contribution in [1.29, 1.82) is 0 Å². The molecule has 3 aromatic rings. The van der Waals surface area contributed by atoms with Gasteiger partial charge in [0.1, 0.15) is 12.2 Å². The van der Waals surface area contributed by atoms with Crippen LogP contribution in [0.4, 0.5) is 11.4 Å². The van der Waals surface area contributed by atoms with Crippen molar-refractivity contribution in [1.82, 2.24) is 0 Å². The molecule has 26 heavy (non-hydrogen) atoms. The number of anilines is 1. The molecule has 0 amide bonds. The summed E-state index contributed by atoms with van der Waals surface area (Å²) in [5, 5.41) is 7.52. The number of benzene rings is 2. The Bertz CT molecular complexity index is 1070. The molecule has 1 N–H and O–H groups in total. The molecule has 0 aliphatic carbocycles. The Hall–Kier alpha value is -3.35. The number of azide groups is 1. The summed E-state index contributed by atoms with van der Waals surface area (Å²) in [6, 6.07) is 13.8. The summed E-state index contributed by atoms with van der Waals surface area (Å²) in [6.45, 7) is 2.12. The zero-order chi connectivity index (χ0) is 18.5. The molecule has 0 aliphatic rings. The maximum atomic E-state index is 11.5. The molecule has 0 spiro atoms. The first-order chi connectivity index (χ1) is 12.5.